The first-order valence-electron chi connectivity index (χ1n) is 14.2. The number of phenols is 1. The number of aromatic hydroxyl groups is 1. The zero-order valence-electron chi connectivity index (χ0n) is 24.2. The lowest BCUT2D eigenvalue weighted by atomic mass is 9.93. The van der Waals surface area contributed by atoms with Crippen molar-refractivity contribution < 1.29 is 19.4 Å². The van der Waals surface area contributed by atoms with Gasteiger partial charge in [-0.2, -0.15) is 0 Å². The minimum absolute atomic E-state index is 0.0161. The van der Waals surface area contributed by atoms with Crippen molar-refractivity contribution in [3.05, 3.63) is 53.2 Å². The van der Waals surface area contributed by atoms with Crippen molar-refractivity contribution in [2.45, 2.75) is 78.1 Å². The number of nitrogen functional groups attached to an aromatic ring is 1. The van der Waals surface area contributed by atoms with Crippen LogP contribution in [0.3, 0.4) is 0 Å². The molecule has 0 fully saturated rings. The van der Waals surface area contributed by atoms with Crippen molar-refractivity contribution in [3.8, 4) is 11.5 Å². The number of pyridine rings is 1. The lowest BCUT2D eigenvalue weighted by molar-refractivity contribution is -0.124. The standard InChI is InChI=1S/C32H47N3O4/c1-23(2)9-8-11-24(21-34-3)10-6-5-7-12-28(36)20-29(37)15-14-26-19-31(39-4)30(38)18-27(26)17-25-13-16-32(33)35-22-25/h13-16,18-19,22-24,34,38H,5-12,17,20-21H2,1-4H3,(H2,33,35)/b15-14+/t24-/m1/s1. The Labute approximate surface area is 234 Å². The van der Waals surface area contributed by atoms with Gasteiger partial charge in [-0.1, -0.05) is 51.7 Å². The number of phenolic OH excluding ortho intramolecular Hbond substituents is 1. The molecule has 0 spiro atoms. The summed E-state index contributed by atoms with van der Waals surface area (Å²) in [6.07, 6.45) is 13.6. The molecule has 0 bridgehead atoms. The second-order valence-corrected chi connectivity index (χ2v) is 10.9. The Balaban J connectivity index is 1.84. The number of aromatic nitrogens is 1. The van der Waals surface area contributed by atoms with E-state index in [0.717, 1.165) is 48.4 Å². The van der Waals surface area contributed by atoms with Gasteiger partial charge >= 0.3 is 0 Å². The van der Waals surface area contributed by atoms with E-state index in [1.807, 2.05) is 13.1 Å². The number of Topliss-reactive ketones (excluding diaryl/α,β-unsaturated/α-hetero) is 1. The molecule has 0 amide bonds. The van der Waals surface area contributed by atoms with Gasteiger partial charge in [0, 0.05) is 12.6 Å². The molecule has 1 aromatic carbocycles. The minimum Gasteiger partial charge on any atom is -0.504 e. The van der Waals surface area contributed by atoms with Gasteiger partial charge in [0.15, 0.2) is 17.3 Å². The quantitative estimate of drug-likeness (QED) is 0.112. The van der Waals surface area contributed by atoms with Crippen LogP contribution in [0.1, 0.15) is 88.3 Å². The van der Waals surface area contributed by atoms with E-state index in [1.165, 1.54) is 38.9 Å². The van der Waals surface area contributed by atoms with E-state index in [0.29, 0.717) is 30.3 Å². The molecule has 2 aromatic rings. The first-order valence-corrected chi connectivity index (χ1v) is 14.2. The zero-order chi connectivity index (χ0) is 28.6. The van der Waals surface area contributed by atoms with Crippen LogP contribution < -0.4 is 15.8 Å². The third kappa shape index (κ3) is 12.5. The van der Waals surface area contributed by atoms with E-state index in [2.05, 4.69) is 24.1 Å². The average Bonchev–Trinajstić information content (AvgIpc) is 2.89. The van der Waals surface area contributed by atoms with E-state index in [-0.39, 0.29) is 23.7 Å². The lowest BCUT2D eigenvalue weighted by Gasteiger charge is -2.17. The fourth-order valence-electron chi connectivity index (χ4n) is 4.77. The van der Waals surface area contributed by atoms with Crippen molar-refractivity contribution in [1.29, 1.82) is 0 Å². The predicted octanol–water partition coefficient (Wildman–Crippen LogP) is 6.12. The van der Waals surface area contributed by atoms with Crippen molar-refractivity contribution >= 4 is 23.5 Å². The van der Waals surface area contributed by atoms with Crippen LogP contribution in [-0.2, 0) is 16.0 Å². The van der Waals surface area contributed by atoms with Crippen LogP contribution in [0.2, 0.25) is 0 Å². The molecule has 1 aromatic heterocycles. The van der Waals surface area contributed by atoms with E-state index in [9.17, 15) is 14.7 Å². The van der Waals surface area contributed by atoms with Gasteiger partial charge in [-0.05, 0) is 92.1 Å². The third-order valence-corrected chi connectivity index (χ3v) is 6.96. The van der Waals surface area contributed by atoms with Gasteiger partial charge in [-0.3, -0.25) is 9.59 Å². The molecule has 7 nitrogen and oxygen atoms in total. The molecule has 0 saturated heterocycles. The highest BCUT2D eigenvalue weighted by molar-refractivity contribution is 6.06. The maximum atomic E-state index is 12.5. The number of rotatable bonds is 19. The first-order chi connectivity index (χ1) is 18.7. The maximum Gasteiger partial charge on any atom is 0.163 e. The van der Waals surface area contributed by atoms with Gasteiger partial charge in [-0.25, -0.2) is 4.98 Å². The van der Waals surface area contributed by atoms with Crippen LogP contribution in [0.25, 0.3) is 6.08 Å². The number of carbonyl (C=O) groups is 2. The summed E-state index contributed by atoms with van der Waals surface area (Å²) in [6.45, 7) is 5.59. The normalized spacial score (nSPS) is 12.2. The average molecular weight is 538 g/mol. The maximum absolute atomic E-state index is 12.5. The van der Waals surface area contributed by atoms with Crippen molar-refractivity contribution in [2.24, 2.45) is 11.8 Å². The fourth-order valence-corrected chi connectivity index (χ4v) is 4.77. The third-order valence-electron chi connectivity index (χ3n) is 6.96. The largest absolute Gasteiger partial charge is 0.504 e. The Kier molecular flexibility index (Phi) is 14.3. The summed E-state index contributed by atoms with van der Waals surface area (Å²) >= 11 is 0. The number of nitrogens with two attached hydrogens (primary N) is 1. The molecule has 1 heterocycles. The summed E-state index contributed by atoms with van der Waals surface area (Å²) in [5.41, 5.74) is 8.12. The van der Waals surface area contributed by atoms with Gasteiger partial charge in [-0.15, -0.1) is 0 Å². The van der Waals surface area contributed by atoms with Crippen molar-refractivity contribution in [1.82, 2.24) is 10.3 Å². The molecule has 1 atom stereocenters. The number of allylic oxidation sites excluding steroid dienone is 1. The Hall–Kier alpha value is -3.19. The molecule has 0 radical (unpaired) electrons. The number of nitrogens with zero attached hydrogens (tertiary/aromatic N) is 1. The molecule has 0 unspecified atom stereocenters. The number of ketones is 2. The first kappa shape index (κ1) is 32.0. The highest BCUT2D eigenvalue weighted by atomic mass is 16.5. The number of ether oxygens (including phenoxy) is 1. The Bertz CT molecular complexity index is 1060. The Morgan fingerprint density at radius 3 is 2.54 bits per heavy atom. The minimum atomic E-state index is -0.230. The van der Waals surface area contributed by atoms with Gasteiger partial charge in [0.25, 0.3) is 0 Å². The number of hydrogen-bond donors (Lipinski definition) is 3. The second kappa shape index (κ2) is 17.4. The molecule has 0 aliphatic rings. The number of unbranched alkanes of at least 4 members (excludes halogenated alkanes) is 2. The van der Waals surface area contributed by atoms with Crippen LogP contribution in [0.4, 0.5) is 5.82 Å². The Morgan fingerprint density at radius 1 is 1.10 bits per heavy atom. The number of nitrogens with one attached hydrogen (secondary N) is 1. The molecular weight excluding hydrogens is 490 g/mol. The van der Waals surface area contributed by atoms with Crippen LogP contribution in [-0.4, -0.2) is 42.4 Å². The van der Waals surface area contributed by atoms with E-state index >= 15 is 0 Å². The lowest BCUT2D eigenvalue weighted by Crippen LogP contribution is -2.19. The summed E-state index contributed by atoms with van der Waals surface area (Å²) < 4.78 is 5.24. The van der Waals surface area contributed by atoms with Crippen LogP contribution in [0.15, 0.2) is 36.5 Å². The molecule has 4 N–H and O–H groups in total. The monoisotopic (exact) mass is 537 g/mol. The van der Waals surface area contributed by atoms with Crippen molar-refractivity contribution in [2.75, 3.05) is 26.4 Å². The van der Waals surface area contributed by atoms with E-state index < -0.39 is 0 Å². The summed E-state index contributed by atoms with van der Waals surface area (Å²) in [5, 5.41) is 13.6. The second-order valence-electron chi connectivity index (χ2n) is 10.9. The van der Waals surface area contributed by atoms with Gasteiger partial charge in [0.1, 0.15) is 11.6 Å². The van der Waals surface area contributed by atoms with Crippen molar-refractivity contribution in [3.63, 3.8) is 0 Å². The summed E-state index contributed by atoms with van der Waals surface area (Å²) in [5.74, 6) is 1.95. The van der Waals surface area contributed by atoms with Crippen LogP contribution in [0.5, 0.6) is 11.5 Å². The molecule has 0 aliphatic heterocycles. The van der Waals surface area contributed by atoms with Crippen LogP contribution in [0, 0.1) is 11.8 Å². The predicted molar refractivity (Wildman–Crippen MR) is 159 cm³/mol. The SMILES string of the molecule is CNC[C@H](CCCCCC(=O)CC(=O)/C=C/c1cc(OC)c(O)cc1Cc1ccc(N)nc1)CCCC(C)C. The smallest absolute Gasteiger partial charge is 0.163 e. The van der Waals surface area contributed by atoms with Gasteiger partial charge in [0.2, 0.25) is 0 Å². The number of methoxy groups -OCH3 is 1. The van der Waals surface area contributed by atoms with E-state index in [1.54, 1.807) is 30.5 Å². The summed E-state index contributed by atoms with van der Waals surface area (Å²) in [4.78, 5) is 29.1. The molecule has 214 valence electrons. The molecule has 39 heavy (non-hydrogen) atoms. The number of benzene rings is 1. The number of anilines is 1. The van der Waals surface area contributed by atoms with Gasteiger partial charge < -0.3 is 20.9 Å². The topological polar surface area (TPSA) is 115 Å². The molecule has 2 rings (SSSR count). The number of carbonyl (C=O) groups excluding carboxylic acids is 2. The van der Waals surface area contributed by atoms with Gasteiger partial charge in [0.05, 0.1) is 13.5 Å². The fraction of sp³-hybridized carbons (Fsp3) is 0.531. The molecular formula is C32H47N3O4. The molecule has 0 aliphatic carbocycles. The molecule has 0 saturated carbocycles. The zero-order valence-corrected chi connectivity index (χ0v) is 24.2. The van der Waals surface area contributed by atoms with E-state index in [4.69, 9.17) is 10.5 Å². The summed E-state index contributed by atoms with van der Waals surface area (Å²) in [7, 11) is 3.49. The Morgan fingerprint density at radius 2 is 1.87 bits per heavy atom. The summed E-state index contributed by atoms with van der Waals surface area (Å²) in [6, 6.07) is 6.90. The molecule has 7 heteroatoms. The number of hydrogen-bond acceptors (Lipinski definition) is 7. The van der Waals surface area contributed by atoms with Crippen LogP contribution >= 0.6 is 0 Å². The highest BCUT2D eigenvalue weighted by Crippen LogP contribution is 2.31. The highest BCUT2D eigenvalue weighted by Gasteiger charge is 2.12.